The molecule has 1 amide bonds. The van der Waals surface area contributed by atoms with E-state index in [4.69, 9.17) is 4.74 Å². The van der Waals surface area contributed by atoms with E-state index in [1.807, 2.05) is 37.4 Å². The quantitative estimate of drug-likeness (QED) is 0.587. The van der Waals surface area contributed by atoms with Crippen LogP contribution < -0.4 is 5.32 Å². The lowest BCUT2D eigenvalue weighted by atomic mass is 10.2. The number of rotatable bonds is 8. The molecular formula is C15H21NO3S2. The van der Waals surface area contributed by atoms with E-state index in [0.717, 1.165) is 10.6 Å². The molecule has 0 saturated carbocycles. The topological polar surface area (TPSA) is 55.4 Å². The average Bonchev–Trinajstić information content (AvgIpc) is 2.50. The summed E-state index contributed by atoms with van der Waals surface area (Å²) in [7, 11) is 1.33. The van der Waals surface area contributed by atoms with Crippen molar-refractivity contribution >= 4 is 35.4 Å². The number of aryl methyl sites for hydroxylation is 1. The molecule has 0 saturated heterocycles. The van der Waals surface area contributed by atoms with Crippen molar-refractivity contribution in [2.24, 2.45) is 0 Å². The van der Waals surface area contributed by atoms with E-state index in [1.54, 1.807) is 11.8 Å². The monoisotopic (exact) mass is 327 g/mol. The van der Waals surface area contributed by atoms with Crippen LogP contribution in [0.3, 0.4) is 0 Å². The highest BCUT2D eigenvalue weighted by molar-refractivity contribution is 8.00. The second-order valence-electron chi connectivity index (χ2n) is 4.53. The maximum Gasteiger partial charge on any atom is 0.328 e. The lowest BCUT2D eigenvalue weighted by molar-refractivity contribution is -0.144. The van der Waals surface area contributed by atoms with Crippen LogP contribution in [0.5, 0.6) is 0 Å². The van der Waals surface area contributed by atoms with Gasteiger partial charge in [0.05, 0.1) is 12.9 Å². The second kappa shape index (κ2) is 9.73. The average molecular weight is 327 g/mol. The van der Waals surface area contributed by atoms with Crippen LogP contribution in [0.15, 0.2) is 29.2 Å². The summed E-state index contributed by atoms with van der Waals surface area (Å²) in [6.07, 6.45) is 2.54. The van der Waals surface area contributed by atoms with Gasteiger partial charge < -0.3 is 10.1 Å². The van der Waals surface area contributed by atoms with Crippen molar-refractivity contribution in [1.29, 1.82) is 0 Å². The van der Waals surface area contributed by atoms with Crippen molar-refractivity contribution < 1.29 is 14.3 Å². The van der Waals surface area contributed by atoms with Crippen LogP contribution in [0.1, 0.15) is 12.0 Å². The molecule has 0 bridgehead atoms. The molecule has 0 aromatic heterocycles. The molecule has 1 N–H and O–H groups in total. The van der Waals surface area contributed by atoms with Gasteiger partial charge in [-0.25, -0.2) is 4.79 Å². The Bertz CT molecular complexity index is 462. The van der Waals surface area contributed by atoms with E-state index >= 15 is 0 Å². The largest absolute Gasteiger partial charge is 0.467 e. The van der Waals surface area contributed by atoms with Crippen molar-refractivity contribution in [1.82, 2.24) is 5.32 Å². The summed E-state index contributed by atoms with van der Waals surface area (Å²) in [4.78, 5) is 24.6. The van der Waals surface area contributed by atoms with Crippen LogP contribution in [0.25, 0.3) is 0 Å². The van der Waals surface area contributed by atoms with E-state index < -0.39 is 12.0 Å². The van der Waals surface area contributed by atoms with Gasteiger partial charge in [0.15, 0.2) is 0 Å². The highest BCUT2D eigenvalue weighted by Crippen LogP contribution is 2.18. The summed E-state index contributed by atoms with van der Waals surface area (Å²) in [5, 5.41) is 2.74. The van der Waals surface area contributed by atoms with Crippen molar-refractivity contribution in [3.8, 4) is 0 Å². The van der Waals surface area contributed by atoms with Crippen LogP contribution in [0, 0.1) is 6.92 Å². The van der Waals surface area contributed by atoms with Gasteiger partial charge in [-0.3, -0.25) is 4.79 Å². The van der Waals surface area contributed by atoms with Gasteiger partial charge in [-0.15, -0.1) is 11.8 Å². The van der Waals surface area contributed by atoms with E-state index in [-0.39, 0.29) is 11.7 Å². The van der Waals surface area contributed by atoms with Gasteiger partial charge in [0.2, 0.25) is 5.91 Å². The number of methoxy groups -OCH3 is 1. The highest BCUT2D eigenvalue weighted by atomic mass is 32.2. The molecule has 1 aromatic rings. The number of ether oxygens (including phenoxy) is 1. The normalized spacial score (nSPS) is 11.8. The summed E-state index contributed by atoms with van der Waals surface area (Å²) in [5.74, 6) is 0.538. The number of hydrogen-bond donors (Lipinski definition) is 1. The molecule has 0 aliphatic heterocycles. The summed E-state index contributed by atoms with van der Waals surface area (Å²) in [6.45, 7) is 2.02. The molecule has 0 spiro atoms. The molecule has 0 aliphatic rings. The van der Waals surface area contributed by atoms with Gasteiger partial charge in [-0.1, -0.05) is 17.7 Å². The molecule has 6 heteroatoms. The number of thioether (sulfide) groups is 2. The van der Waals surface area contributed by atoms with Crippen LogP contribution in [0.2, 0.25) is 0 Å². The van der Waals surface area contributed by atoms with Crippen molar-refractivity contribution in [3.63, 3.8) is 0 Å². The van der Waals surface area contributed by atoms with E-state index in [1.165, 1.54) is 24.4 Å². The molecule has 1 atom stereocenters. The first-order valence-corrected chi connectivity index (χ1v) is 9.00. The molecule has 0 heterocycles. The summed E-state index contributed by atoms with van der Waals surface area (Å²) < 4.78 is 4.72. The van der Waals surface area contributed by atoms with Gasteiger partial charge in [0.25, 0.3) is 0 Å². The molecule has 1 rings (SSSR count). The third-order valence-corrected chi connectivity index (χ3v) is 4.48. The molecule has 0 unspecified atom stereocenters. The van der Waals surface area contributed by atoms with Gasteiger partial charge >= 0.3 is 5.97 Å². The van der Waals surface area contributed by atoms with Gasteiger partial charge in [0.1, 0.15) is 6.04 Å². The lowest BCUT2D eigenvalue weighted by Crippen LogP contribution is -2.42. The minimum Gasteiger partial charge on any atom is -0.467 e. The molecule has 116 valence electrons. The SMILES string of the molecule is COC(=O)[C@@H](CCSC)NC(=O)CSc1ccc(C)cc1. The van der Waals surface area contributed by atoms with E-state index in [0.29, 0.717) is 6.42 Å². The Morgan fingerprint density at radius 1 is 1.29 bits per heavy atom. The minimum absolute atomic E-state index is 0.155. The third-order valence-electron chi connectivity index (χ3n) is 2.82. The number of nitrogens with one attached hydrogen (secondary N) is 1. The fourth-order valence-electron chi connectivity index (χ4n) is 1.65. The minimum atomic E-state index is -0.562. The maximum absolute atomic E-state index is 11.9. The Kier molecular flexibility index (Phi) is 8.30. The predicted octanol–water partition coefficient (Wildman–Crippen LogP) is 2.50. The first-order valence-electron chi connectivity index (χ1n) is 6.62. The van der Waals surface area contributed by atoms with Crippen LogP contribution in [0.4, 0.5) is 0 Å². The Morgan fingerprint density at radius 2 is 1.95 bits per heavy atom. The van der Waals surface area contributed by atoms with E-state index in [2.05, 4.69) is 5.32 Å². The van der Waals surface area contributed by atoms with Crippen molar-refractivity contribution in [3.05, 3.63) is 29.8 Å². The molecule has 1 aromatic carbocycles. The van der Waals surface area contributed by atoms with Gasteiger partial charge in [-0.05, 0) is 37.5 Å². The van der Waals surface area contributed by atoms with Crippen LogP contribution in [-0.4, -0.2) is 42.8 Å². The zero-order valence-corrected chi connectivity index (χ0v) is 14.2. The molecule has 0 radical (unpaired) electrons. The highest BCUT2D eigenvalue weighted by Gasteiger charge is 2.20. The third kappa shape index (κ3) is 6.91. The number of hydrogen-bond acceptors (Lipinski definition) is 5. The number of amides is 1. The lowest BCUT2D eigenvalue weighted by Gasteiger charge is -2.15. The van der Waals surface area contributed by atoms with Gasteiger partial charge in [0, 0.05) is 4.90 Å². The fraction of sp³-hybridized carbons (Fsp3) is 0.467. The number of carbonyl (C=O) groups excluding carboxylic acids is 2. The molecular weight excluding hydrogens is 306 g/mol. The molecule has 21 heavy (non-hydrogen) atoms. The van der Waals surface area contributed by atoms with Crippen LogP contribution in [-0.2, 0) is 14.3 Å². The second-order valence-corrected chi connectivity index (χ2v) is 6.56. The van der Waals surface area contributed by atoms with Gasteiger partial charge in [-0.2, -0.15) is 11.8 Å². The molecule has 4 nitrogen and oxygen atoms in total. The van der Waals surface area contributed by atoms with Crippen molar-refractivity contribution in [2.75, 3.05) is 24.9 Å². The van der Waals surface area contributed by atoms with Crippen molar-refractivity contribution in [2.45, 2.75) is 24.3 Å². The number of benzene rings is 1. The van der Waals surface area contributed by atoms with E-state index in [9.17, 15) is 9.59 Å². The zero-order valence-electron chi connectivity index (χ0n) is 12.5. The summed E-state index contributed by atoms with van der Waals surface area (Å²) in [6, 6.07) is 7.43. The Labute approximate surface area is 134 Å². The first-order chi connectivity index (χ1) is 10.1. The molecule has 0 fully saturated rings. The summed E-state index contributed by atoms with van der Waals surface area (Å²) >= 11 is 3.09. The number of carbonyl (C=O) groups is 2. The Balaban J connectivity index is 2.45. The standard InChI is InChI=1S/C15H21NO3S2/c1-11-4-6-12(7-5-11)21-10-14(17)16-13(8-9-20-3)15(18)19-2/h4-7,13H,8-10H2,1-3H3,(H,16,17)/t13-/m1/s1. The Hall–Kier alpha value is -1.14. The Morgan fingerprint density at radius 3 is 2.52 bits per heavy atom. The first kappa shape index (κ1) is 17.9. The smallest absolute Gasteiger partial charge is 0.328 e. The maximum atomic E-state index is 11.9. The molecule has 0 aliphatic carbocycles. The fourth-order valence-corrected chi connectivity index (χ4v) is 2.83. The van der Waals surface area contributed by atoms with Crippen LogP contribution >= 0.6 is 23.5 Å². The number of esters is 1. The summed E-state index contributed by atoms with van der Waals surface area (Å²) in [5.41, 5.74) is 1.19. The zero-order chi connectivity index (χ0) is 15.7. The predicted molar refractivity (Wildman–Crippen MR) is 88.8 cm³/mol.